The molecular weight excluding hydrogens is 759 g/mol. The minimum Gasteiger partial charge on any atom is -0.310 e. The summed E-state index contributed by atoms with van der Waals surface area (Å²) >= 11 is 0. The smallest absolute Gasteiger partial charge is 0.0713 e. The molecule has 0 unspecified atom stereocenters. The van der Waals surface area contributed by atoms with Crippen LogP contribution in [0.15, 0.2) is 236 Å². The van der Waals surface area contributed by atoms with Gasteiger partial charge in [-0.3, -0.25) is 0 Å². The summed E-state index contributed by atoms with van der Waals surface area (Å²) in [6, 6.07) is -53.6. The Labute approximate surface area is 433 Å². The van der Waals surface area contributed by atoms with Crippen molar-refractivity contribution in [2.75, 3.05) is 4.90 Å². The molecular formula is C62H45N. The van der Waals surface area contributed by atoms with Gasteiger partial charge in [-0.1, -0.05) is 213 Å². The molecule has 0 spiro atoms. The molecule has 1 heteroatoms. The number of hydrogen-bond donors (Lipinski definition) is 0. The Morgan fingerprint density at radius 3 is 1.73 bits per heavy atom. The fraction of sp³-hybridized carbons (Fsp3) is 0.0645. The van der Waals surface area contributed by atoms with Gasteiger partial charge in [0.1, 0.15) is 0 Å². The highest BCUT2D eigenvalue weighted by molar-refractivity contribution is 6.05. The molecule has 1 nitrogen and oxygen atoms in total. The predicted octanol–water partition coefficient (Wildman–Crippen LogP) is 16.3. The molecule has 298 valence electrons. The van der Waals surface area contributed by atoms with Crippen LogP contribution in [0.5, 0.6) is 0 Å². The van der Waals surface area contributed by atoms with Crippen LogP contribution in [0, 0.1) is 0 Å². The second-order valence-electron chi connectivity index (χ2n) is 13.8. The molecule has 63 heavy (non-hydrogen) atoms. The first-order valence-corrected chi connectivity index (χ1v) is 18.4. The minimum atomic E-state index is -4.16. The molecule has 12 rings (SSSR count). The fourth-order valence-corrected chi connectivity index (χ4v) is 8.01. The van der Waals surface area contributed by atoms with Crippen molar-refractivity contribution in [3.8, 4) is 44.5 Å². The highest BCUT2D eigenvalue weighted by atomic mass is 15.1. The first-order valence-electron chi connectivity index (χ1n) is 40.9. The molecule has 0 saturated heterocycles. The summed E-state index contributed by atoms with van der Waals surface area (Å²) < 4.78 is 423. The Kier molecular flexibility index (Phi) is 3.01. The Morgan fingerprint density at radius 2 is 0.968 bits per heavy atom. The van der Waals surface area contributed by atoms with Crippen LogP contribution in [0.4, 0.5) is 17.1 Å². The lowest BCUT2D eigenvalue weighted by Crippen LogP contribution is -2.28. The van der Waals surface area contributed by atoms with E-state index >= 15 is 0 Å². The van der Waals surface area contributed by atoms with Gasteiger partial charge in [0, 0.05) is 30.6 Å². The lowest BCUT2D eigenvalue weighted by atomic mass is 9.67. The second-order valence-corrected chi connectivity index (χ2v) is 13.8. The zero-order valence-electron chi connectivity index (χ0n) is 76.4. The van der Waals surface area contributed by atoms with E-state index < -0.39 is 366 Å². The minimum absolute atomic E-state index is 0.0791. The van der Waals surface area contributed by atoms with Gasteiger partial charge in [-0.2, -0.15) is 0 Å². The topological polar surface area (TPSA) is 3.24 Å². The van der Waals surface area contributed by atoms with Gasteiger partial charge in [0.2, 0.25) is 0 Å². The van der Waals surface area contributed by atoms with E-state index in [-0.39, 0.29) is 4.90 Å². The van der Waals surface area contributed by atoms with Gasteiger partial charge in [0.15, 0.2) is 0 Å². The maximum Gasteiger partial charge on any atom is 0.0713 e. The molecule has 0 radical (unpaired) electrons. The van der Waals surface area contributed by atoms with Crippen LogP contribution in [0.25, 0.3) is 55.3 Å². The Morgan fingerprint density at radius 1 is 0.381 bits per heavy atom. The molecule has 2 aliphatic rings. The number of anilines is 3. The van der Waals surface area contributed by atoms with E-state index in [1.807, 2.05) is 0 Å². The molecule has 0 amide bonds. The van der Waals surface area contributed by atoms with Crippen LogP contribution in [0.2, 0.25) is 0 Å². The van der Waals surface area contributed by atoms with Crippen LogP contribution in [-0.4, -0.2) is 0 Å². The number of rotatable bonds is 7. The summed E-state index contributed by atoms with van der Waals surface area (Å²) in [5.41, 5.74) is -30.0. The summed E-state index contributed by atoms with van der Waals surface area (Å²) in [5, 5.41) is -2.25. The van der Waals surface area contributed by atoms with Crippen LogP contribution >= 0.6 is 0 Å². The summed E-state index contributed by atoms with van der Waals surface area (Å²) in [4.78, 5) is 0.0791. The van der Waals surface area contributed by atoms with Gasteiger partial charge < -0.3 is 4.90 Å². The van der Waals surface area contributed by atoms with Crippen LogP contribution in [0.1, 0.15) is 109 Å². The second kappa shape index (κ2) is 14.4. The van der Waals surface area contributed by atoms with E-state index in [4.69, 9.17) is 28.8 Å². The fourth-order valence-electron chi connectivity index (χ4n) is 8.01. The third kappa shape index (κ3) is 5.56. The molecule has 0 bridgehead atoms. The van der Waals surface area contributed by atoms with Crippen molar-refractivity contribution < 1.29 is 61.7 Å². The monoisotopic (exact) mass is 849 g/mol. The predicted molar refractivity (Wildman–Crippen MR) is 264 cm³/mol. The first kappa shape index (κ1) is 13.1. The maximum absolute atomic E-state index is 10.9. The zero-order chi connectivity index (χ0) is 81.1. The molecule has 0 aliphatic heterocycles. The molecule has 10 aromatic rings. The number of nitrogens with zero attached hydrogens (tertiary/aromatic N) is 1. The quantitative estimate of drug-likeness (QED) is 0.154. The zero-order valence-corrected chi connectivity index (χ0v) is 31.4. The SMILES string of the molecule is [2H]c1c([2H])c([2H])c(N(c2c([2H])c([2H])c([2H])c(-c3c([2H])c([2H])c4c([2H])c([2H])c([2H])c([2H])c4c3-c3c([2H])c([2H])c4c(c3[2H])C(c3c([2H])c([2H])c([2H])c([2H])c3[2H])(c3c([2H])c([2H])c([2H])c([2H])c3[2H])c3c([2H])c([2H])c([2H])c([2H])c3-4)c2[2H])c2c([2H])c([2H])c([2H])c3c2-c2c([2H])c([2H])c([2H])c([2H])c2C3(C([2H])([2H])[2H])C([2H])([2H])[2H])c([2H])c1[2H]. The number of para-hydroxylation sites is 1. The third-order valence-electron chi connectivity index (χ3n) is 10.6. The number of hydrogen-bond acceptors (Lipinski definition) is 1. The van der Waals surface area contributed by atoms with Crippen molar-refractivity contribution in [2.24, 2.45) is 0 Å². The van der Waals surface area contributed by atoms with Crippen molar-refractivity contribution in [2.45, 2.75) is 24.5 Å². The average Bonchev–Trinajstić information content (AvgIpc) is 1.49. The van der Waals surface area contributed by atoms with Gasteiger partial charge in [0.25, 0.3) is 0 Å². The molecule has 0 atom stereocenters. The van der Waals surface area contributed by atoms with Crippen molar-refractivity contribution in [1.82, 2.24) is 0 Å². The van der Waals surface area contributed by atoms with Gasteiger partial charge in [0.05, 0.1) is 64.6 Å². The van der Waals surface area contributed by atoms with Crippen LogP contribution < -0.4 is 4.90 Å². The molecule has 0 fully saturated rings. The lowest BCUT2D eigenvalue weighted by Gasteiger charge is -2.34. The van der Waals surface area contributed by atoms with Gasteiger partial charge >= 0.3 is 0 Å². The van der Waals surface area contributed by atoms with Crippen molar-refractivity contribution >= 4 is 27.8 Å². The lowest BCUT2D eigenvalue weighted by molar-refractivity contribution is 0.660. The Hall–Kier alpha value is -7.74. The van der Waals surface area contributed by atoms with E-state index in [0.29, 0.717) is 0 Å². The third-order valence-corrected chi connectivity index (χ3v) is 10.6. The van der Waals surface area contributed by atoms with E-state index in [2.05, 4.69) is 0 Å². The average molecular weight is 849 g/mol. The van der Waals surface area contributed by atoms with E-state index in [1.54, 1.807) is 0 Å². The van der Waals surface area contributed by atoms with Crippen LogP contribution in [0.3, 0.4) is 0 Å². The molecule has 10 aromatic carbocycles. The Bertz CT molecular complexity index is 5740. The van der Waals surface area contributed by atoms with E-state index in [0.717, 1.165) is 0 Å². The largest absolute Gasteiger partial charge is 0.310 e. The van der Waals surface area contributed by atoms with Crippen molar-refractivity contribution in [3.63, 3.8) is 0 Å². The highest BCUT2D eigenvalue weighted by Gasteiger charge is 2.46. The van der Waals surface area contributed by atoms with Crippen molar-refractivity contribution in [3.05, 3.63) is 269 Å². The van der Waals surface area contributed by atoms with Crippen LogP contribution in [-0.2, 0) is 10.8 Å². The van der Waals surface area contributed by atoms with Gasteiger partial charge in [-0.05, 0) is 119 Å². The number of fused-ring (bicyclic) bond motifs is 7. The molecule has 0 saturated carbocycles. The Balaban J connectivity index is 1.40. The normalized spacial score (nSPS) is 24.3. The first-order chi connectivity index (χ1) is 49.7. The molecule has 0 aromatic heterocycles. The summed E-state index contributed by atoms with van der Waals surface area (Å²) in [5.74, 6) is 0. The standard InChI is InChI=1S/C62H45N/c1-61(2)54-32-16-15-31-53(54)60-56(61)34-19-35-58(60)63(47-26-10-5-11-27-47)48-28-18-21-43(40-48)50-38-36-42-20-12-13-29-49(42)59(50)44-37-39-52-51-30-14-17-33-55(51)62(57(52)41-44,45-22-6-3-7-23-45)46-24-8-4-9-25-46/h3-41H,1-2H3/i1D3,2D3,3D,4D,5D,6D,7D,8D,9D,10D,11D,12D,13D,14D,15D,16D,17D,18D,19D,20D,21D,22D,23D,24D,25D,26D,27D,28D,29D,30D,31D,32D,33D,34D,35D,36D,37D,38D,39D,40D,41D. The van der Waals surface area contributed by atoms with E-state index in [1.165, 1.54) is 0 Å². The molecule has 0 heterocycles. The summed E-state index contributed by atoms with van der Waals surface area (Å²) in [6.45, 7) is -8.32. The summed E-state index contributed by atoms with van der Waals surface area (Å²) in [6.07, 6.45) is 0. The molecule has 0 N–H and O–H groups in total. The van der Waals surface area contributed by atoms with Crippen molar-refractivity contribution in [1.29, 1.82) is 0 Å². The maximum atomic E-state index is 10.9. The highest BCUT2D eigenvalue weighted by Crippen LogP contribution is 2.58. The van der Waals surface area contributed by atoms with E-state index in [9.17, 15) is 32.9 Å². The summed E-state index contributed by atoms with van der Waals surface area (Å²) in [7, 11) is 0. The molecule has 2 aliphatic carbocycles. The number of benzene rings is 10. The van der Waals surface area contributed by atoms with Gasteiger partial charge in [-0.25, -0.2) is 0 Å². The van der Waals surface area contributed by atoms with Gasteiger partial charge in [-0.15, -0.1) is 0 Å².